The van der Waals surface area contributed by atoms with E-state index >= 15 is 0 Å². The van der Waals surface area contributed by atoms with Gasteiger partial charge in [0.25, 0.3) is 0 Å². The molecule has 1 aliphatic rings. The second-order valence-electron chi connectivity index (χ2n) is 4.46. The highest BCUT2D eigenvalue weighted by Gasteiger charge is 2.17. The number of rotatable bonds is 4. The molecule has 0 amide bonds. The van der Waals surface area contributed by atoms with Crippen LogP contribution in [0, 0.1) is 5.82 Å². The molecule has 0 saturated carbocycles. The maximum atomic E-state index is 13.0. The average Bonchev–Trinajstić information content (AvgIpc) is 2.70. The third-order valence-corrected chi connectivity index (χ3v) is 2.88. The van der Waals surface area contributed by atoms with E-state index in [4.69, 9.17) is 4.74 Å². The molecule has 0 N–H and O–H groups in total. The van der Waals surface area contributed by atoms with Gasteiger partial charge < -0.3 is 4.74 Å². The molecular weight excluding hydrogens is 205 g/mol. The van der Waals surface area contributed by atoms with Gasteiger partial charge in [-0.2, -0.15) is 0 Å². The van der Waals surface area contributed by atoms with Gasteiger partial charge in [-0.25, -0.2) is 4.39 Å². The summed E-state index contributed by atoms with van der Waals surface area (Å²) in [7, 11) is 2.05. The first-order chi connectivity index (χ1) is 7.74. The first kappa shape index (κ1) is 11.6. The van der Waals surface area contributed by atoms with Crippen LogP contribution in [0.1, 0.15) is 18.4 Å². The smallest absolute Gasteiger partial charge is 0.123 e. The lowest BCUT2D eigenvalue weighted by Crippen LogP contribution is -2.28. The molecule has 1 heterocycles. The maximum Gasteiger partial charge on any atom is 0.123 e. The van der Waals surface area contributed by atoms with Gasteiger partial charge in [-0.3, -0.25) is 4.90 Å². The van der Waals surface area contributed by atoms with Gasteiger partial charge >= 0.3 is 0 Å². The Labute approximate surface area is 96.0 Å². The minimum atomic E-state index is -0.164. The van der Waals surface area contributed by atoms with Gasteiger partial charge in [0.15, 0.2) is 0 Å². The maximum absolute atomic E-state index is 13.0. The highest BCUT2D eigenvalue weighted by molar-refractivity contribution is 5.16. The quantitative estimate of drug-likeness (QED) is 0.777. The van der Waals surface area contributed by atoms with Crippen LogP contribution in [-0.4, -0.2) is 31.2 Å². The second-order valence-corrected chi connectivity index (χ2v) is 4.46. The molecule has 0 radical (unpaired) electrons. The Morgan fingerprint density at radius 3 is 3.06 bits per heavy atom. The molecule has 1 atom stereocenters. The van der Waals surface area contributed by atoms with Gasteiger partial charge in [-0.05, 0) is 37.6 Å². The Morgan fingerprint density at radius 1 is 1.50 bits per heavy atom. The van der Waals surface area contributed by atoms with Crippen molar-refractivity contribution in [3.8, 4) is 0 Å². The molecule has 2 nitrogen and oxygen atoms in total. The zero-order chi connectivity index (χ0) is 11.4. The van der Waals surface area contributed by atoms with Crippen LogP contribution in [0.5, 0.6) is 0 Å². The number of hydrogen-bond donors (Lipinski definition) is 0. The van der Waals surface area contributed by atoms with E-state index in [2.05, 4.69) is 4.90 Å². The van der Waals surface area contributed by atoms with Crippen molar-refractivity contribution in [1.82, 2.24) is 4.90 Å². The van der Waals surface area contributed by atoms with Gasteiger partial charge in [0.05, 0.1) is 6.10 Å². The van der Waals surface area contributed by atoms with Crippen LogP contribution in [0.15, 0.2) is 24.3 Å². The van der Waals surface area contributed by atoms with Gasteiger partial charge in [-0.1, -0.05) is 12.1 Å². The summed E-state index contributed by atoms with van der Waals surface area (Å²) < 4.78 is 18.5. The van der Waals surface area contributed by atoms with Gasteiger partial charge in [0, 0.05) is 19.7 Å². The van der Waals surface area contributed by atoms with Crippen molar-refractivity contribution in [3.05, 3.63) is 35.6 Å². The molecule has 1 aliphatic heterocycles. The van der Waals surface area contributed by atoms with Crippen LogP contribution in [-0.2, 0) is 11.3 Å². The van der Waals surface area contributed by atoms with Crippen molar-refractivity contribution < 1.29 is 9.13 Å². The van der Waals surface area contributed by atoms with E-state index in [-0.39, 0.29) is 5.82 Å². The molecule has 0 aliphatic carbocycles. The molecule has 1 fully saturated rings. The molecule has 1 saturated heterocycles. The fourth-order valence-corrected chi connectivity index (χ4v) is 2.15. The number of halogens is 1. The molecule has 3 heteroatoms. The van der Waals surface area contributed by atoms with Gasteiger partial charge in [-0.15, -0.1) is 0 Å². The summed E-state index contributed by atoms with van der Waals surface area (Å²) in [6.45, 7) is 2.59. The predicted octanol–water partition coefficient (Wildman–Crippen LogP) is 2.44. The summed E-state index contributed by atoms with van der Waals surface area (Å²) in [5, 5.41) is 0. The molecule has 88 valence electrons. The van der Waals surface area contributed by atoms with Crippen LogP contribution < -0.4 is 0 Å². The Kier molecular flexibility index (Phi) is 3.91. The van der Waals surface area contributed by atoms with E-state index in [0.29, 0.717) is 6.10 Å². The molecule has 0 spiro atoms. The number of ether oxygens (including phenoxy) is 1. The standard InChI is InChI=1S/C13H18FNO/c1-15(10-13-6-3-7-16-13)9-11-4-2-5-12(14)8-11/h2,4-5,8,13H,3,6-7,9-10H2,1H3. The number of likely N-dealkylation sites (N-methyl/N-ethyl adjacent to an activating group) is 1. The molecule has 1 aromatic carbocycles. The van der Waals surface area contributed by atoms with Crippen molar-refractivity contribution >= 4 is 0 Å². The van der Waals surface area contributed by atoms with E-state index in [9.17, 15) is 4.39 Å². The monoisotopic (exact) mass is 223 g/mol. The number of nitrogens with zero attached hydrogens (tertiary/aromatic N) is 1. The molecule has 1 unspecified atom stereocenters. The highest BCUT2D eigenvalue weighted by atomic mass is 19.1. The van der Waals surface area contributed by atoms with Crippen molar-refractivity contribution in [3.63, 3.8) is 0 Å². The average molecular weight is 223 g/mol. The van der Waals surface area contributed by atoms with Crippen molar-refractivity contribution in [2.24, 2.45) is 0 Å². The van der Waals surface area contributed by atoms with Crippen molar-refractivity contribution in [2.45, 2.75) is 25.5 Å². The summed E-state index contributed by atoms with van der Waals surface area (Å²) in [6, 6.07) is 6.77. The van der Waals surface area contributed by atoms with Crippen LogP contribution in [0.25, 0.3) is 0 Å². The molecule has 2 rings (SSSR count). The number of hydrogen-bond acceptors (Lipinski definition) is 2. The lowest BCUT2D eigenvalue weighted by Gasteiger charge is -2.20. The molecule has 16 heavy (non-hydrogen) atoms. The zero-order valence-corrected chi connectivity index (χ0v) is 9.66. The van der Waals surface area contributed by atoms with E-state index in [0.717, 1.165) is 31.7 Å². The third kappa shape index (κ3) is 3.29. The van der Waals surface area contributed by atoms with E-state index < -0.39 is 0 Å². The minimum absolute atomic E-state index is 0.164. The molecular formula is C13H18FNO. The summed E-state index contributed by atoms with van der Waals surface area (Å²) in [6.07, 6.45) is 2.67. The lowest BCUT2D eigenvalue weighted by molar-refractivity contribution is 0.0793. The van der Waals surface area contributed by atoms with E-state index in [1.807, 2.05) is 13.1 Å². The van der Waals surface area contributed by atoms with E-state index in [1.54, 1.807) is 12.1 Å². The Bertz CT molecular complexity index is 336. The summed E-state index contributed by atoms with van der Waals surface area (Å²) in [4.78, 5) is 2.19. The van der Waals surface area contributed by atoms with E-state index in [1.165, 1.54) is 12.5 Å². The zero-order valence-electron chi connectivity index (χ0n) is 9.66. The van der Waals surface area contributed by atoms with Gasteiger partial charge in [0.1, 0.15) is 5.82 Å². The summed E-state index contributed by atoms with van der Waals surface area (Å²) in [5.41, 5.74) is 1.01. The normalized spacial score (nSPS) is 20.6. The summed E-state index contributed by atoms with van der Waals surface area (Å²) in [5.74, 6) is -0.164. The van der Waals surface area contributed by atoms with Crippen LogP contribution >= 0.6 is 0 Å². The first-order valence-corrected chi connectivity index (χ1v) is 5.78. The predicted molar refractivity (Wildman–Crippen MR) is 61.7 cm³/mol. The van der Waals surface area contributed by atoms with Crippen LogP contribution in [0.2, 0.25) is 0 Å². The van der Waals surface area contributed by atoms with Crippen LogP contribution in [0.3, 0.4) is 0 Å². The lowest BCUT2D eigenvalue weighted by atomic mass is 10.2. The Hall–Kier alpha value is -0.930. The Balaban J connectivity index is 1.84. The second kappa shape index (κ2) is 5.41. The summed E-state index contributed by atoms with van der Waals surface area (Å²) >= 11 is 0. The molecule has 0 aromatic heterocycles. The largest absolute Gasteiger partial charge is 0.377 e. The van der Waals surface area contributed by atoms with Crippen molar-refractivity contribution in [2.75, 3.05) is 20.2 Å². The first-order valence-electron chi connectivity index (χ1n) is 5.78. The minimum Gasteiger partial charge on any atom is -0.377 e. The highest BCUT2D eigenvalue weighted by Crippen LogP contribution is 2.14. The van der Waals surface area contributed by atoms with Crippen LogP contribution in [0.4, 0.5) is 4.39 Å². The molecule has 0 bridgehead atoms. The fraction of sp³-hybridized carbons (Fsp3) is 0.538. The third-order valence-electron chi connectivity index (χ3n) is 2.88. The Morgan fingerprint density at radius 2 is 2.38 bits per heavy atom. The molecule has 1 aromatic rings. The fourth-order valence-electron chi connectivity index (χ4n) is 2.15. The number of benzene rings is 1. The SMILES string of the molecule is CN(Cc1cccc(F)c1)CC1CCCO1. The van der Waals surface area contributed by atoms with Crippen molar-refractivity contribution in [1.29, 1.82) is 0 Å². The van der Waals surface area contributed by atoms with Gasteiger partial charge in [0.2, 0.25) is 0 Å². The topological polar surface area (TPSA) is 12.5 Å².